The lowest BCUT2D eigenvalue weighted by molar-refractivity contribution is -0.137. The number of aliphatic carboxylic acids is 1. The van der Waals surface area contributed by atoms with Crippen LogP contribution in [0.1, 0.15) is 91.4 Å². The number of hydrogen-bond acceptors (Lipinski definition) is 4. The highest BCUT2D eigenvalue weighted by Gasteiger charge is 2.13. The summed E-state index contributed by atoms with van der Waals surface area (Å²) in [6, 6.07) is 0. The minimum Gasteiger partial charge on any atom is -0.481 e. The third kappa shape index (κ3) is 18.1. The summed E-state index contributed by atoms with van der Waals surface area (Å²) in [6.45, 7) is 6.97. The molecule has 6 nitrogen and oxygen atoms in total. The van der Waals surface area contributed by atoms with Gasteiger partial charge in [-0.2, -0.15) is 0 Å². The highest BCUT2D eigenvalue weighted by molar-refractivity contribution is 7.89. The Morgan fingerprint density at radius 1 is 0.962 bits per heavy atom. The molecule has 0 aromatic heterocycles. The lowest BCUT2D eigenvalue weighted by atomic mass is 9.89. The molecule has 156 valence electrons. The number of aliphatic hydroxyl groups excluding tert-OH is 1. The molecule has 0 bridgehead atoms. The van der Waals surface area contributed by atoms with E-state index in [4.69, 9.17) is 5.11 Å². The molecular weight excluding hydrogens is 354 g/mol. The summed E-state index contributed by atoms with van der Waals surface area (Å²) in [6.07, 6.45) is 7.63. The Kier molecular flexibility index (Phi) is 13.2. The molecule has 0 heterocycles. The van der Waals surface area contributed by atoms with Gasteiger partial charge in [0.15, 0.2) is 0 Å². The van der Waals surface area contributed by atoms with E-state index in [9.17, 15) is 18.3 Å². The normalized spacial score (nSPS) is 13.7. The van der Waals surface area contributed by atoms with E-state index in [1.807, 2.05) is 0 Å². The van der Waals surface area contributed by atoms with Gasteiger partial charge in [0.05, 0.1) is 11.9 Å². The largest absolute Gasteiger partial charge is 0.481 e. The van der Waals surface area contributed by atoms with Crippen LogP contribution in [-0.4, -0.2) is 43.0 Å². The van der Waals surface area contributed by atoms with Crippen molar-refractivity contribution in [3.63, 3.8) is 0 Å². The van der Waals surface area contributed by atoms with Crippen molar-refractivity contribution in [3.8, 4) is 0 Å². The van der Waals surface area contributed by atoms with E-state index in [0.717, 1.165) is 38.5 Å². The van der Waals surface area contributed by atoms with Crippen LogP contribution in [0, 0.1) is 5.41 Å². The first-order valence-electron chi connectivity index (χ1n) is 9.89. The van der Waals surface area contributed by atoms with Crippen LogP contribution in [0.5, 0.6) is 0 Å². The van der Waals surface area contributed by atoms with Crippen molar-refractivity contribution < 1.29 is 23.4 Å². The number of rotatable bonds is 16. The van der Waals surface area contributed by atoms with Gasteiger partial charge in [0, 0.05) is 13.0 Å². The average Bonchev–Trinajstić information content (AvgIpc) is 2.49. The second kappa shape index (κ2) is 13.5. The van der Waals surface area contributed by atoms with Crippen molar-refractivity contribution in [3.05, 3.63) is 0 Å². The number of sulfonamides is 1. The maximum absolute atomic E-state index is 11.9. The third-order valence-electron chi connectivity index (χ3n) is 4.30. The molecule has 1 atom stereocenters. The van der Waals surface area contributed by atoms with Gasteiger partial charge in [-0.25, -0.2) is 13.1 Å². The molecule has 1 unspecified atom stereocenters. The fraction of sp³-hybridized carbons (Fsp3) is 0.947. The van der Waals surface area contributed by atoms with Crippen molar-refractivity contribution in [2.45, 2.75) is 97.5 Å². The Hall–Kier alpha value is -0.660. The van der Waals surface area contributed by atoms with Crippen molar-refractivity contribution in [2.75, 3.05) is 12.3 Å². The van der Waals surface area contributed by atoms with Gasteiger partial charge in [-0.05, 0) is 50.4 Å². The molecule has 0 saturated heterocycles. The van der Waals surface area contributed by atoms with Gasteiger partial charge in [-0.15, -0.1) is 0 Å². The van der Waals surface area contributed by atoms with E-state index in [-0.39, 0.29) is 23.7 Å². The van der Waals surface area contributed by atoms with Crippen LogP contribution in [0.25, 0.3) is 0 Å². The molecule has 0 saturated carbocycles. The first-order chi connectivity index (χ1) is 12.0. The summed E-state index contributed by atoms with van der Waals surface area (Å²) < 4.78 is 26.4. The molecule has 0 radical (unpaired) electrons. The smallest absolute Gasteiger partial charge is 0.303 e. The summed E-state index contributed by atoms with van der Waals surface area (Å²) in [5.41, 5.74) is 0.287. The maximum Gasteiger partial charge on any atom is 0.303 e. The molecule has 0 aromatic carbocycles. The molecule has 0 spiro atoms. The summed E-state index contributed by atoms with van der Waals surface area (Å²) >= 11 is 0. The number of hydrogen-bond donors (Lipinski definition) is 3. The quantitative estimate of drug-likeness (QED) is 0.347. The van der Waals surface area contributed by atoms with E-state index < -0.39 is 16.0 Å². The Morgan fingerprint density at radius 2 is 1.58 bits per heavy atom. The van der Waals surface area contributed by atoms with E-state index >= 15 is 0 Å². The molecule has 3 N–H and O–H groups in total. The topological polar surface area (TPSA) is 104 Å². The van der Waals surface area contributed by atoms with Crippen LogP contribution in [0.15, 0.2) is 0 Å². The van der Waals surface area contributed by atoms with Crippen LogP contribution in [0.3, 0.4) is 0 Å². The van der Waals surface area contributed by atoms with E-state index in [1.54, 1.807) is 0 Å². The van der Waals surface area contributed by atoms with Gasteiger partial charge >= 0.3 is 5.97 Å². The van der Waals surface area contributed by atoms with Gasteiger partial charge in [-0.1, -0.05) is 40.0 Å². The Balaban J connectivity index is 3.63. The molecular formula is C19H39NO5S. The minimum atomic E-state index is -3.25. The molecule has 0 aliphatic heterocycles. The van der Waals surface area contributed by atoms with Crippen LogP contribution < -0.4 is 4.72 Å². The number of nitrogens with one attached hydrogen (secondary N) is 1. The van der Waals surface area contributed by atoms with E-state index in [1.165, 1.54) is 0 Å². The zero-order chi connectivity index (χ0) is 20.1. The van der Waals surface area contributed by atoms with Gasteiger partial charge in [0.2, 0.25) is 10.0 Å². The van der Waals surface area contributed by atoms with Crippen molar-refractivity contribution in [1.82, 2.24) is 4.72 Å². The number of carbonyl (C=O) groups is 1. The Bertz CT molecular complexity index is 471. The van der Waals surface area contributed by atoms with Crippen molar-refractivity contribution >= 4 is 16.0 Å². The predicted molar refractivity (Wildman–Crippen MR) is 106 cm³/mol. The van der Waals surface area contributed by atoms with Gasteiger partial charge in [0.25, 0.3) is 0 Å². The van der Waals surface area contributed by atoms with Crippen molar-refractivity contribution in [2.24, 2.45) is 5.41 Å². The van der Waals surface area contributed by atoms with Crippen LogP contribution in [0.4, 0.5) is 0 Å². The first kappa shape index (κ1) is 25.3. The minimum absolute atomic E-state index is 0.0979. The molecule has 0 amide bonds. The highest BCUT2D eigenvalue weighted by Crippen LogP contribution is 2.22. The SMILES string of the molecule is CC(C)(C)CCCC(O)CCCCS(=O)(=O)NCCCCCCC(=O)O. The van der Waals surface area contributed by atoms with Gasteiger partial charge < -0.3 is 10.2 Å². The number of unbranched alkanes of at least 4 members (excludes halogenated alkanes) is 4. The van der Waals surface area contributed by atoms with Crippen LogP contribution in [-0.2, 0) is 14.8 Å². The Labute approximate surface area is 159 Å². The second-order valence-electron chi connectivity index (χ2n) is 8.37. The molecule has 7 heteroatoms. The maximum atomic E-state index is 11.9. The monoisotopic (exact) mass is 393 g/mol. The number of carboxylic acids is 1. The first-order valence-corrected chi connectivity index (χ1v) is 11.5. The average molecular weight is 394 g/mol. The Morgan fingerprint density at radius 3 is 2.19 bits per heavy atom. The fourth-order valence-electron chi connectivity index (χ4n) is 2.74. The second-order valence-corrected chi connectivity index (χ2v) is 10.3. The molecule has 0 aliphatic rings. The van der Waals surface area contributed by atoms with Crippen LogP contribution >= 0.6 is 0 Å². The predicted octanol–water partition coefficient (Wildman–Crippen LogP) is 3.69. The number of carboxylic acid groups (broad SMARTS) is 1. The molecule has 0 aromatic rings. The van der Waals surface area contributed by atoms with Crippen molar-refractivity contribution in [1.29, 1.82) is 0 Å². The molecule has 0 fully saturated rings. The molecule has 0 aliphatic carbocycles. The lowest BCUT2D eigenvalue weighted by Gasteiger charge is -2.19. The highest BCUT2D eigenvalue weighted by atomic mass is 32.2. The van der Waals surface area contributed by atoms with E-state index in [0.29, 0.717) is 32.2 Å². The van der Waals surface area contributed by atoms with Gasteiger partial charge in [-0.3, -0.25) is 4.79 Å². The third-order valence-corrected chi connectivity index (χ3v) is 5.77. The summed E-state index contributed by atoms with van der Waals surface area (Å²) in [5, 5.41) is 18.5. The standard InChI is InChI=1S/C19H39NO5S/c1-19(2,3)14-10-12-17(21)11-7-9-16-26(24,25)20-15-8-5-4-6-13-18(22)23/h17,20-21H,4-16H2,1-3H3,(H,22,23). The fourth-order valence-corrected chi connectivity index (χ4v) is 3.92. The van der Waals surface area contributed by atoms with Crippen LogP contribution in [0.2, 0.25) is 0 Å². The summed E-state index contributed by atoms with van der Waals surface area (Å²) in [4.78, 5) is 10.4. The summed E-state index contributed by atoms with van der Waals surface area (Å²) in [5.74, 6) is -0.689. The van der Waals surface area contributed by atoms with Gasteiger partial charge in [0.1, 0.15) is 0 Å². The molecule has 26 heavy (non-hydrogen) atoms. The zero-order valence-electron chi connectivity index (χ0n) is 16.8. The van der Waals surface area contributed by atoms with E-state index in [2.05, 4.69) is 25.5 Å². The molecule has 0 rings (SSSR count). The summed E-state index contributed by atoms with van der Waals surface area (Å²) in [7, 11) is -3.25. The number of aliphatic hydroxyl groups is 1. The lowest BCUT2D eigenvalue weighted by Crippen LogP contribution is -2.27. The zero-order valence-corrected chi connectivity index (χ0v) is 17.6.